The molecule has 0 saturated heterocycles. The van der Waals surface area contributed by atoms with Crippen molar-refractivity contribution in [2.24, 2.45) is 11.3 Å². The van der Waals surface area contributed by atoms with Gasteiger partial charge in [-0.3, -0.25) is 0 Å². The minimum Gasteiger partial charge on any atom is -0.464 e. The highest BCUT2D eigenvalue weighted by molar-refractivity contribution is 5.17. The van der Waals surface area contributed by atoms with Crippen LogP contribution in [0.5, 0.6) is 0 Å². The second-order valence-corrected chi connectivity index (χ2v) is 5.14. The van der Waals surface area contributed by atoms with Crippen LogP contribution in [0, 0.1) is 29.6 Å². The first-order valence-corrected chi connectivity index (χ1v) is 6.27. The molecule has 92 valence electrons. The van der Waals surface area contributed by atoms with Gasteiger partial charge in [0.2, 0.25) is 0 Å². The Bertz CT molecular complexity index is 432. The van der Waals surface area contributed by atoms with Crippen molar-refractivity contribution in [1.82, 2.24) is 0 Å². The summed E-state index contributed by atoms with van der Waals surface area (Å²) in [4.78, 5) is 0. The van der Waals surface area contributed by atoms with Crippen molar-refractivity contribution >= 4 is 0 Å². The number of aliphatic hydroxyl groups is 1. The van der Waals surface area contributed by atoms with Crippen LogP contribution in [0.15, 0.2) is 16.5 Å². The fourth-order valence-corrected chi connectivity index (χ4v) is 2.81. The molecule has 0 aromatic carbocycles. The summed E-state index contributed by atoms with van der Waals surface area (Å²) in [5, 5.41) is 19.8. The third-order valence-corrected chi connectivity index (χ3v) is 4.01. The summed E-state index contributed by atoms with van der Waals surface area (Å²) in [7, 11) is 0. The van der Waals surface area contributed by atoms with E-state index in [0.717, 1.165) is 31.4 Å². The quantitative estimate of drug-likeness (QED) is 0.871. The molecule has 17 heavy (non-hydrogen) atoms. The fraction of sp³-hybridized carbons (Fsp3) is 0.643. The van der Waals surface area contributed by atoms with Gasteiger partial charge < -0.3 is 9.52 Å². The van der Waals surface area contributed by atoms with E-state index < -0.39 is 11.5 Å². The maximum atomic E-state index is 10.4. The predicted octanol–water partition coefficient (Wildman–Crippen LogP) is 3.34. The summed E-state index contributed by atoms with van der Waals surface area (Å²) in [5.41, 5.74) is -0.648. The molecule has 1 aliphatic rings. The van der Waals surface area contributed by atoms with Gasteiger partial charge in [0.05, 0.1) is 11.5 Å². The molecule has 3 atom stereocenters. The predicted molar refractivity (Wildman–Crippen MR) is 64.1 cm³/mol. The van der Waals surface area contributed by atoms with Crippen molar-refractivity contribution in [2.75, 3.05) is 0 Å². The Morgan fingerprint density at radius 3 is 2.88 bits per heavy atom. The molecule has 0 aliphatic heterocycles. The topological polar surface area (TPSA) is 57.2 Å². The number of furan rings is 1. The molecule has 1 aromatic rings. The van der Waals surface area contributed by atoms with Gasteiger partial charge in [0.1, 0.15) is 17.6 Å². The third kappa shape index (κ3) is 2.10. The molecular formula is C14H19NO2. The van der Waals surface area contributed by atoms with Gasteiger partial charge in [0, 0.05) is 0 Å². The van der Waals surface area contributed by atoms with Crippen LogP contribution >= 0.6 is 0 Å². The van der Waals surface area contributed by atoms with Crippen molar-refractivity contribution in [3.63, 3.8) is 0 Å². The van der Waals surface area contributed by atoms with Gasteiger partial charge in [-0.05, 0) is 44.2 Å². The first kappa shape index (κ1) is 12.2. The summed E-state index contributed by atoms with van der Waals surface area (Å²) in [6.45, 7) is 3.99. The zero-order chi connectivity index (χ0) is 12.5. The number of nitrogens with zero attached hydrogens (tertiary/aromatic N) is 1. The van der Waals surface area contributed by atoms with E-state index in [9.17, 15) is 10.4 Å². The van der Waals surface area contributed by atoms with Crippen molar-refractivity contribution < 1.29 is 9.52 Å². The Balaban J connectivity index is 2.22. The summed E-state index contributed by atoms with van der Waals surface area (Å²) < 4.78 is 5.45. The molecule has 0 bridgehead atoms. The molecule has 1 aromatic heterocycles. The van der Waals surface area contributed by atoms with E-state index in [1.54, 1.807) is 6.07 Å². The van der Waals surface area contributed by atoms with Crippen LogP contribution < -0.4 is 0 Å². The van der Waals surface area contributed by atoms with E-state index in [0.29, 0.717) is 11.7 Å². The van der Waals surface area contributed by atoms with E-state index in [-0.39, 0.29) is 0 Å². The minimum absolute atomic E-state index is 0.529. The van der Waals surface area contributed by atoms with Crippen LogP contribution in [-0.2, 0) is 0 Å². The molecule has 3 heteroatoms. The van der Waals surface area contributed by atoms with Crippen molar-refractivity contribution in [3.8, 4) is 6.07 Å². The Hall–Kier alpha value is -1.27. The SMILES string of the molecule is CCC1CCC(C#N)(C(O)c2ccc(C)o2)C1. The molecule has 1 heterocycles. The number of rotatable bonds is 3. The average Bonchev–Trinajstić information content (AvgIpc) is 2.95. The van der Waals surface area contributed by atoms with Gasteiger partial charge in [0.15, 0.2) is 0 Å². The lowest BCUT2D eigenvalue weighted by molar-refractivity contribution is 0.0444. The number of nitriles is 1. The largest absolute Gasteiger partial charge is 0.464 e. The minimum atomic E-state index is -0.794. The molecule has 3 unspecified atom stereocenters. The first-order chi connectivity index (χ1) is 8.11. The molecule has 2 rings (SSSR count). The third-order valence-electron chi connectivity index (χ3n) is 4.01. The Labute approximate surface area is 102 Å². The maximum Gasteiger partial charge on any atom is 0.134 e. The number of hydrogen-bond donors (Lipinski definition) is 1. The first-order valence-electron chi connectivity index (χ1n) is 6.27. The van der Waals surface area contributed by atoms with Gasteiger partial charge in [0.25, 0.3) is 0 Å². The molecule has 3 nitrogen and oxygen atoms in total. The van der Waals surface area contributed by atoms with Crippen LogP contribution in [0.3, 0.4) is 0 Å². The van der Waals surface area contributed by atoms with Crippen LogP contribution in [-0.4, -0.2) is 5.11 Å². The van der Waals surface area contributed by atoms with E-state index >= 15 is 0 Å². The highest BCUT2D eigenvalue weighted by Crippen LogP contribution is 2.50. The van der Waals surface area contributed by atoms with Gasteiger partial charge in [-0.15, -0.1) is 0 Å². The molecule has 1 saturated carbocycles. The Morgan fingerprint density at radius 2 is 2.41 bits per heavy atom. The van der Waals surface area contributed by atoms with Crippen molar-refractivity contribution in [2.45, 2.75) is 45.6 Å². The zero-order valence-corrected chi connectivity index (χ0v) is 10.4. The smallest absolute Gasteiger partial charge is 0.134 e. The zero-order valence-electron chi connectivity index (χ0n) is 10.4. The van der Waals surface area contributed by atoms with E-state index in [1.807, 2.05) is 13.0 Å². The van der Waals surface area contributed by atoms with Gasteiger partial charge in [-0.1, -0.05) is 13.3 Å². The number of hydrogen-bond acceptors (Lipinski definition) is 3. The molecule has 0 amide bonds. The second-order valence-electron chi connectivity index (χ2n) is 5.14. The highest BCUT2D eigenvalue weighted by Gasteiger charge is 2.46. The lowest BCUT2D eigenvalue weighted by atomic mass is 9.80. The summed E-state index contributed by atoms with van der Waals surface area (Å²) >= 11 is 0. The van der Waals surface area contributed by atoms with Gasteiger partial charge in [-0.25, -0.2) is 0 Å². The molecule has 1 aliphatic carbocycles. The molecule has 1 N–H and O–H groups in total. The molecule has 0 spiro atoms. The number of aliphatic hydroxyl groups excluding tert-OH is 1. The normalized spacial score (nSPS) is 30.1. The lowest BCUT2D eigenvalue weighted by Gasteiger charge is -2.25. The van der Waals surface area contributed by atoms with Crippen LogP contribution in [0.2, 0.25) is 0 Å². The van der Waals surface area contributed by atoms with Crippen LogP contribution in [0.25, 0.3) is 0 Å². The van der Waals surface area contributed by atoms with E-state index in [1.165, 1.54) is 0 Å². The summed E-state index contributed by atoms with van der Waals surface area (Å²) in [6, 6.07) is 5.94. The van der Waals surface area contributed by atoms with Crippen LogP contribution in [0.1, 0.15) is 50.2 Å². The van der Waals surface area contributed by atoms with Crippen LogP contribution in [0.4, 0.5) is 0 Å². The lowest BCUT2D eigenvalue weighted by Crippen LogP contribution is -2.24. The fourth-order valence-electron chi connectivity index (χ4n) is 2.81. The summed E-state index contributed by atoms with van der Waals surface area (Å²) in [6.07, 6.45) is 2.86. The van der Waals surface area contributed by atoms with E-state index in [4.69, 9.17) is 4.42 Å². The van der Waals surface area contributed by atoms with E-state index in [2.05, 4.69) is 13.0 Å². The molecular weight excluding hydrogens is 214 g/mol. The number of aryl methyl sites for hydroxylation is 1. The second kappa shape index (κ2) is 4.54. The Kier molecular flexibility index (Phi) is 3.26. The molecule has 0 radical (unpaired) electrons. The summed E-state index contributed by atoms with van der Waals surface area (Å²) in [5.74, 6) is 1.86. The maximum absolute atomic E-state index is 10.4. The highest BCUT2D eigenvalue weighted by atomic mass is 16.4. The van der Waals surface area contributed by atoms with Gasteiger partial charge in [-0.2, -0.15) is 5.26 Å². The van der Waals surface area contributed by atoms with Crippen molar-refractivity contribution in [3.05, 3.63) is 23.7 Å². The van der Waals surface area contributed by atoms with Gasteiger partial charge >= 0.3 is 0 Å². The standard InChI is InChI=1S/C14H19NO2/c1-3-11-6-7-14(8-11,9-15)13(16)12-5-4-10(2)17-12/h4-5,11,13,16H,3,6-8H2,1-2H3. The monoisotopic (exact) mass is 233 g/mol. The average molecular weight is 233 g/mol. The van der Waals surface area contributed by atoms with Crippen molar-refractivity contribution in [1.29, 1.82) is 5.26 Å². The Morgan fingerprint density at radius 1 is 1.65 bits per heavy atom. The molecule has 1 fully saturated rings.